The third kappa shape index (κ3) is 6.17. The van der Waals surface area contributed by atoms with Gasteiger partial charge in [0.05, 0.1) is 37.7 Å². The number of amides is 1. The Kier molecular flexibility index (Phi) is 8.55. The molecule has 0 radical (unpaired) electrons. The summed E-state index contributed by atoms with van der Waals surface area (Å²) in [7, 11) is 3.02. The van der Waals surface area contributed by atoms with E-state index >= 15 is 0 Å². The number of methoxy groups -OCH3 is 2. The first-order chi connectivity index (χ1) is 17.9. The Morgan fingerprint density at radius 2 is 1.70 bits per heavy atom. The van der Waals surface area contributed by atoms with Gasteiger partial charge in [-0.05, 0) is 73.4 Å². The minimum absolute atomic E-state index is 0.00827. The van der Waals surface area contributed by atoms with Gasteiger partial charge in [0.2, 0.25) is 5.91 Å². The van der Waals surface area contributed by atoms with Gasteiger partial charge in [-0.2, -0.15) is 0 Å². The van der Waals surface area contributed by atoms with Crippen molar-refractivity contribution in [3.63, 3.8) is 0 Å². The number of nitrogens with zero attached hydrogens (tertiary/aromatic N) is 2. The van der Waals surface area contributed by atoms with Gasteiger partial charge in [-0.25, -0.2) is 9.80 Å². The van der Waals surface area contributed by atoms with E-state index in [1.165, 1.54) is 19.6 Å². The van der Waals surface area contributed by atoms with E-state index in [4.69, 9.17) is 9.47 Å². The predicted molar refractivity (Wildman–Crippen MR) is 148 cm³/mol. The molecule has 3 aromatic carbocycles. The van der Waals surface area contributed by atoms with E-state index in [1.807, 2.05) is 48.5 Å². The van der Waals surface area contributed by atoms with Crippen molar-refractivity contribution in [3.8, 4) is 11.5 Å². The van der Waals surface area contributed by atoms with Crippen LogP contribution in [0, 0.1) is 0 Å². The molecular formula is C28H30BrN3O5. The average Bonchev–Trinajstić information content (AvgIpc) is 2.93. The van der Waals surface area contributed by atoms with E-state index in [1.54, 1.807) is 18.2 Å². The van der Waals surface area contributed by atoms with Crippen LogP contribution in [0.3, 0.4) is 0 Å². The average molecular weight is 568 g/mol. The summed E-state index contributed by atoms with van der Waals surface area (Å²) in [6.45, 7) is 1.86. The van der Waals surface area contributed by atoms with Crippen molar-refractivity contribution < 1.29 is 24.2 Å². The van der Waals surface area contributed by atoms with Crippen molar-refractivity contribution in [2.75, 3.05) is 42.6 Å². The maximum atomic E-state index is 13.9. The van der Waals surface area contributed by atoms with Gasteiger partial charge in [0.25, 0.3) is 0 Å². The number of halogens is 1. The number of piperidine rings is 1. The number of ether oxygens (including phenoxy) is 2. The van der Waals surface area contributed by atoms with Gasteiger partial charge < -0.3 is 19.5 Å². The van der Waals surface area contributed by atoms with E-state index in [-0.39, 0.29) is 23.6 Å². The summed E-state index contributed by atoms with van der Waals surface area (Å²) in [6, 6.07) is 18.3. The first-order valence-corrected chi connectivity index (χ1v) is 12.9. The first kappa shape index (κ1) is 26.3. The Labute approximate surface area is 224 Å². The molecule has 0 atom stereocenters. The Balaban J connectivity index is 1.71. The molecule has 4 rings (SSSR count). The van der Waals surface area contributed by atoms with Crippen molar-refractivity contribution in [3.05, 3.63) is 76.3 Å². The number of benzene rings is 3. The largest absolute Gasteiger partial charge is 0.497 e. The Bertz CT molecular complexity index is 1260. The van der Waals surface area contributed by atoms with Gasteiger partial charge in [-0.1, -0.05) is 28.1 Å². The van der Waals surface area contributed by atoms with Gasteiger partial charge in [0.15, 0.2) is 0 Å². The molecule has 194 valence electrons. The SMILES string of the molecule is COc1ccc(NN(C(=O)Cc2cc(OC)c(C(=O)O)cc2Br)c2ccccc2N2CCCCC2)cc1. The Morgan fingerprint density at radius 1 is 1.00 bits per heavy atom. The molecule has 2 N–H and O–H groups in total. The van der Waals surface area contributed by atoms with Crippen LogP contribution in [0.1, 0.15) is 35.2 Å². The lowest BCUT2D eigenvalue weighted by atomic mass is 10.1. The first-order valence-electron chi connectivity index (χ1n) is 12.1. The van der Waals surface area contributed by atoms with Gasteiger partial charge in [-0.3, -0.25) is 10.2 Å². The van der Waals surface area contributed by atoms with E-state index in [2.05, 4.69) is 26.3 Å². The molecule has 1 aliphatic rings. The van der Waals surface area contributed by atoms with Crippen molar-refractivity contribution >= 4 is 44.9 Å². The molecule has 3 aromatic rings. The molecule has 0 unspecified atom stereocenters. The molecule has 1 aliphatic heterocycles. The Morgan fingerprint density at radius 3 is 2.35 bits per heavy atom. The minimum atomic E-state index is -1.10. The zero-order chi connectivity index (χ0) is 26.4. The zero-order valence-corrected chi connectivity index (χ0v) is 22.5. The number of hydrogen-bond acceptors (Lipinski definition) is 6. The molecule has 0 saturated carbocycles. The quantitative estimate of drug-likeness (QED) is 0.318. The third-order valence-corrected chi connectivity index (χ3v) is 7.08. The van der Waals surface area contributed by atoms with Gasteiger partial charge in [-0.15, -0.1) is 0 Å². The lowest BCUT2D eigenvalue weighted by Crippen LogP contribution is -2.39. The molecule has 1 saturated heterocycles. The molecule has 1 heterocycles. The number of aromatic carboxylic acids is 1. The molecule has 0 aliphatic carbocycles. The van der Waals surface area contributed by atoms with Gasteiger partial charge >= 0.3 is 5.97 Å². The second kappa shape index (κ2) is 12.0. The maximum absolute atomic E-state index is 13.9. The van der Waals surface area contributed by atoms with Crippen molar-refractivity contribution in [1.82, 2.24) is 0 Å². The van der Waals surface area contributed by atoms with Crippen LogP contribution in [0.25, 0.3) is 0 Å². The monoisotopic (exact) mass is 567 g/mol. The number of anilines is 3. The summed E-state index contributed by atoms with van der Waals surface area (Å²) in [4.78, 5) is 27.8. The van der Waals surface area contributed by atoms with Crippen LogP contribution in [-0.2, 0) is 11.2 Å². The number of rotatable bonds is 9. The molecule has 0 spiro atoms. The smallest absolute Gasteiger partial charge is 0.339 e. The number of hydrazine groups is 1. The van der Waals surface area contributed by atoms with E-state index in [0.29, 0.717) is 15.8 Å². The summed E-state index contributed by atoms with van der Waals surface area (Å²) in [5.41, 5.74) is 6.37. The van der Waals surface area contributed by atoms with Crippen LogP contribution in [0.15, 0.2) is 65.1 Å². The predicted octanol–water partition coefficient (Wildman–Crippen LogP) is 5.76. The van der Waals surface area contributed by atoms with E-state index in [0.717, 1.165) is 43.0 Å². The fourth-order valence-electron chi connectivity index (χ4n) is 4.42. The highest BCUT2D eigenvalue weighted by Gasteiger charge is 2.25. The number of para-hydroxylation sites is 2. The molecule has 0 bridgehead atoms. The number of hydrogen-bond donors (Lipinski definition) is 2. The summed E-state index contributed by atoms with van der Waals surface area (Å²) in [5.74, 6) is -0.409. The topological polar surface area (TPSA) is 91.3 Å². The summed E-state index contributed by atoms with van der Waals surface area (Å²) in [5, 5.41) is 11.1. The molecule has 8 nitrogen and oxygen atoms in total. The lowest BCUT2D eigenvalue weighted by molar-refractivity contribution is -0.117. The molecule has 0 aromatic heterocycles. The highest BCUT2D eigenvalue weighted by atomic mass is 79.9. The van der Waals surface area contributed by atoms with E-state index in [9.17, 15) is 14.7 Å². The standard InChI is InChI=1S/C28H30BrN3O5/c1-36-21-12-10-20(11-13-21)30-32(25-9-5-4-8-24(25)31-14-6-3-7-15-31)27(33)17-19-16-26(37-2)22(28(34)35)18-23(19)29/h4-5,8-13,16,18,30H,3,6-7,14-15,17H2,1-2H3,(H,34,35). The van der Waals surface area contributed by atoms with E-state index < -0.39 is 5.97 Å². The normalized spacial score (nSPS) is 13.1. The van der Waals surface area contributed by atoms with Crippen LogP contribution in [-0.4, -0.2) is 44.3 Å². The highest BCUT2D eigenvalue weighted by Crippen LogP contribution is 2.34. The minimum Gasteiger partial charge on any atom is -0.497 e. The number of carboxylic acid groups (broad SMARTS) is 1. The summed E-state index contributed by atoms with van der Waals surface area (Å²) >= 11 is 3.44. The molecule has 1 amide bonds. The van der Waals surface area contributed by atoms with Gasteiger partial charge in [0, 0.05) is 17.6 Å². The van der Waals surface area contributed by atoms with Crippen LogP contribution < -0.4 is 24.8 Å². The lowest BCUT2D eigenvalue weighted by Gasteiger charge is -2.34. The second-order valence-electron chi connectivity index (χ2n) is 8.73. The summed E-state index contributed by atoms with van der Waals surface area (Å²) < 4.78 is 11.1. The molecule has 9 heteroatoms. The fraction of sp³-hybridized carbons (Fsp3) is 0.286. The van der Waals surface area contributed by atoms with Crippen LogP contribution in [0.2, 0.25) is 0 Å². The maximum Gasteiger partial charge on any atom is 0.339 e. The molecule has 37 heavy (non-hydrogen) atoms. The van der Waals surface area contributed by atoms with Crippen LogP contribution >= 0.6 is 15.9 Å². The van der Waals surface area contributed by atoms with Crippen LogP contribution in [0.5, 0.6) is 11.5 Å². The number of nitrogens with one attached hydrogen (secondary N) is 1. The number of carbonyl (C=O) groups is 2. The molecule has 1 fully saturated rings. The molecular weight excluding hydrogens is 538 g/mol. The van der Waals surface area contributed by atoms with Gasteiger partial charge in [0.1, 0.15) is 17.1 Å². The number of carboxylic acids is 1. The van der Waals surface area contributed by atoms with Crippen molar-refractivity contribution in [1.29, 1.82) is 0 Å². The highest BCUT2D eigenvalue weighted by molar-refractivity contribution is 9.10. The third-order valence-electron chi connectivity index (χ3n) is 6.34. The number of carbonyl (C=O) groups excluding carboxylic acids is 1. The van der Waals surface area contributed by atoms with Crippen molar-refractivity contribution in [2.45, 2.75) is 25.7 Å². The zero-order valence-electron chi connectivity index (χ0n) is 20.9. The van der Waals surface area contributed by atoms with Crippen LogP contribution in [0.4, 0.5) is 17.1 Å². The second-order valence-corrected chi connectivity index (χ2v) is 9.59. The fourth-order valence-corrected chi connectivity index (χ4v) is 4.90. The van der Waals surface area contributed by atoms with Crippen molar-refractivity contribution in [2.24, 2.45) is 0 Å². The Hall–Kier alpha value is -3.72. The summed E-state index contributed by atoms with van der Waals surface area (Å²) in [6.07, 6.45) is 3.43.